The van der Waals surface area contributed by atoms with Gasteiger partial charge in [-0.15, -0.1) is 0 Å². The van der Waals surface area contributed by atoms with Crippen LogP contribution < -0.4 is 15.4 Å². The molecule has 2 aliphatic heterocycles. The van der Waals surface area contributed by atoms with Crippen LogP contribution in [0.25, 0.3) is 5.57 Å². The van der Waals surface area contributed by atoms with Crippen molar-refractivity contribution in [3.8, 4) is 5.75 Å². The standard InChI is InChI=1S/C25H32N4O2/c1-3-25(30)28-11-12-31-24-9-7-22(14-20(24)17-28)29-10-4-5-19-13-18(6-8-23(19)29)21(15-26)16-27-2/h6-9,13-16,25,30H,3-5,10-12,17,26H2,1-2H3. The molecular formula is C25H32N4O2. The van der Waals surface area contributed by atoms with Crippen LogP contribution in [0.2, 0.25) is 0 Å². The van der Waals surface area contributed by atoms with E-state index in [-0.39, 0.29) is 0 Å². The molecule has 3 N–H and O–H groups in total. The average Bonchev–Trinajstić information content (AvgIpc) is 3.03. The molecule has 2 aliphatic rings. The van der Waals surface area contributed by atoms with Crippen molar-refractivity contribution in [2.24, 2.45) is 10.7 Å². The maximum absolute atomic E-state index is 10.3. The highest BCUT2D eigenvalue weighted by Gasteiger charge is 2.23. The average molecular weight is 421 g/mol. The van der Waals surface area contributed by atoms with Gasteiger partial charge in [0, 0.05) is 61.6 Å². The number of aliphatic imine (C=N–C) groups is 1. The minimum Gasteiger partial charge on any atom is -0.492 e. The Morgan fingerprint density at radius 1 is 1.23 bits per heavy atom. The highest BCUT2D eigenvalue weighted by Crippen LogP contribution is 2.37. The molecule has 0 spiro atoms. The molecule has 4 rings (SSSR count). The number of nitrogens with zero attached hydrogens (tertiary/aromatic N) is 3. The largest absolute Gasteiger partial charge is 0.492 e. The predicted octanol–water partition coefficient (Wildman–Crippen LogP) is 3.69. The number of nitrogens with two attached hydrogens (primary N) is 1. The Labute approximate surface area is 184 Å². The molecule has 2 aromatic carbocycles. The van der Waals surface area contributed by atoms with Gasteiger partial charge in [-0.25, -0.2) is 0 Å². The lowest BCUT2D eigenvalue weighted by atomic mass is 9.96. The van der Waals surface area contributed by atoms with Crippen molar-refractivity contribution in [3.63, 3.8) is 0 Å². The van der Waals surface area contributed by atoms with E-state index < -0.39 is 6.23 Å². The summed E-state index contributed by atoms with van der Waals surface area (Å²) in [7, 11) is 1.76. The molecule has 2 heterocycles. The van der Waals surface area contributed by atoms with Gasteiger partial charge < -0.3 is 20.5 Å². The zero-order valence-electron chi connectivity index (χ0n) is 18.4. The van der Waals surface area contributed by atoms with Crippen LogP contribution in [0.3, 0.4) is 0 Å². The maximum atomic E-state index is 10.3. The fraction of sp³-hybridized carbons (Fsp3) is 0.400. The molecule has 0 radical (unpaired) electrons. The number of anilines is 2. The van der Waals surface area contributed by atoms with Gasteiger partial charge in [-0.3, -0.25) is 9.89 Å². The van der Waals surface area contributed by atoms with Crippen LogP contribution in [0.5, 0.6) is 5.75 Å². The van der Waals surface area contributed by atoms with Crippen LogP contribution in [0.15, 0.2) is 47.6 Å². The van der Waals surface area contributed by atoms with Gasteiger partial charge in [0.25, 0.3) is 0 Å². The van der Waals surface area contributed by atoms with Gasteiger partial charge in [0.1, 0.15) is 18.6 Å². The second kappa shape index (κ2) is 9.54. The third kappa shape index (κ3) is 4.45. The van der Waals surface area contributed by atoms with E-state index in [1.54, 1.807) is 19.5 Å². The van der Waals surface area contributed by atoms with Gasteiger partial charge >= 0.3 is 0 Å². The van der Waals surface area contributed by atoms with Crippen molar-refractivity contribution in [3.05, 3.63) is 59.3 Å². The summed E-state index contributed by atoms with van der Waals surface area (Å²) in [6.07, 6.45) is 5.81. The van der Waals surface area contributed by atoms with E-state index in [0.717, 1.165) is 54.1 Å². The van der Waals surface area contributed by atoms with E-state index in [2.05, 4.69) is 51.2 Å². The second-order valence-corrected chi connectivity index (χ2v) is 8.11. The number of ether oxygens (including phenoxy) is 1. The molecule has 1 unspecified atom stereocenters. The van der Waals surface area contributed by atoms with Crippen LogP contribution in [0, 0.1) is 0 Å². The number of hydrogen-bond acceptors (Lipinski definition) is 6. The smallest absolute Gasteiger partial charge is 0.124 e. The first kappa shape index (κ1) is 21.4. The molecule has 0 amide bonds. The summed E-state index contributed by atoms with van der Waals surface area (Å²) in [5, 5.41) is 10.3. The summed E-state index contributed by atoms with van der Waals surface area (Å²) >= 11 is 0. The molecule has 0 aromatic heterocycles. The Balaban J connectivity index is 1.65. The number of rotatable bonds is 5. The van der Waals surface area contributed by atoms with Crippen molar-refractivity contribution < 1.29 is 9.84 Å². The fourth-order valence-corrected chi connectivity index (χ4v) is 4.48. The topological polar surface area (TPSA) is 74.3 Å². The molecule has 0 saturated heterocycles. The molecule has 0 bridgehead atoms. The first-order chi connectivity index (χ1) is 15.1. The zero-order chi connectivity index (χ0) is 21.8. The van der Waals surface area contributed by atoms with Crippen LogP contribution in [0.1, 0.15) is 36.5 Å². The summed E-state index contributed by atoms with van der Waals surface area (Å²) in [6, 6.07) is 13.0. The predicted molar refractivity (Wildman–Crippen MR) is 127 cm³/mol. The summed E-state index contributed by atoms with van der Waals surface area (Å²) in [5.74, 6) is 0.915. The minimum absolute atomic E-state index is 0.441. The number of hydrogen-bond donors (Lipinski definition) is 2. The second-order valence-electron chi connectivity index (χ2n) is 8.11. The minimum atomic E-state index is -0.441. The summed E-state index contributed by atoms with van der Waals surface area (Å²) < 4.78 is 5.96. The molecular weight excluding hydrogens is 388 g/mol. The van der Waals surface area contributed by atoms with Crippen LogP contribution in [-0.4, -0.2) is 49.2 Å². The van der Waals surface area contributed by atoms with E-state index >= 15 is 0 Å². The Kier molecular flexibility index (Phi) is 6.59. The van der Waals surface area contributed by atoms with Crippen molar-refractivity contribution in [2.75, 3.05) is 31.6 Å². The number of aliphatic hydroxyl groups excluding tert-OH is 1. The highest BCUT2D eigenvalue weighted by molar-refractivity contribution is 6.09. The Morgan fingerprint density at radius 2 is 2.10 bits per heavy atom. The van der Waals surface area contributed by atoms with Crippen molar-refractivity contribution in [1.29, 1.82) is 0 Å². The zero-order valence-corrected chi connectivity index (χ0v) is 18.4. The number of benzene rings is 2. The van der Waals surface area contributed by atoms with Gasteiger partial charge in [-0.1, -0.05) is 13.0 Å². The van der Waals surface area contributed by atoms with E-state index in [4.69, 9.17) is 10.5 Å². The highest BCUT2D eigenvalue weighted by atomic mass is 16.5. The SMILES string of the molecule is CCC(O)N1CCOc2ccc(N3CCCc4cc(C(C=NC)=CN)ccc43)cc2C1. The molecule has 6 nitrogen and oxygen atoms in total. The lowest BCUT2D eigenvalue weighted by molar-refractivity contribution is -0.00671. The van der Waals surface area contributed by atoms with Crippen molar-refractivity contribution in [1.82, 2.24) is 4.90 Å². The molecule has 0 saturated carbocycles. The molecule has 6 heteroatoms. The number of fused-ring (bicyclic) bond motifs is 2. The number of allylic oxidation sites excluding steroid dienone is 1. The normalized spacial score (nSPS) is 18.3. The summed E-state index contributed by atoms with van der Waals surface area (Å²) in [4.78, 5) is 8.58. The van der Waals surface area contributed by atoms with E-state index in [9.17, 15) is 5.11 Å². The Morgan fingerprint density at radius 3 is 2.87 bits per heavy atom. The van der Waals surface area contributed by atoms with Crippen LogP contribution in [-0.2, 0) is 13.0 Å². The van der Waals surface area contributed by atoms with Crippen molar-refractivity contribution in [2.45, 2.75) is 39.0 Å². The van der Waals surface area contributed by atoms with Gasteiger partial charge in [0.15, 0.2) is 0 Å². The van der Waals surface area contributed by atoms with Crippen molar-refractivity contribution >= 4 is 23.2 Å². The molecule has 2 aromatic rings. The molecule has 31 heavy (non-hydrogen) atoms. The lowest BCUT2D eigenvalue weighted by Gasteiger charge is -2.32. The summed E-state index contributed by atoms with van der Waals surface area (Å²) in [5.41, 5.74) is 12.7. The van der Waals surface area contributed by atoms with Gasteiger partial charge in [0.2, 0.25) is 0 Å². The molecule has 1 atom stereocenters. The number of aryl methyl sites for hydroxylation is 1. The van der Waals surface area contributed by atoms with E-state index in [1.807, 2.05) is 6.92 Å². The van der Waals surface area contributed by atoms with E-state index in [1.165, 1.54) is 11.3 Å². The number of aliphatic hydroxyl groups is 1. The maximum Gasteiger partial charge on any atom is 0.124 e. The lowest BCUT2D eigenvalue weighted by Crippen LogP contribution is -2.35. The monoisotopic (exact) mass is 420 g/mol. The Hall–Kier alpha value is -2.83. The van der Waals surface area contributed by atoms with Crippen LogP contribution in [0.4, 0.5) is 11.4 Å². The van der Waals surface area contributed by atoms with E-state index in [0.29, 0.717) is 19.6 Å². The van der Waals surface area contributed by atoms with Gasteiger partial charge in [0.05, 0.1) is 0 Å². The van der Waals surface area contributed by atoms with Crippen LogP contribution >= 0.6 is 0 Å². The molecule has 0 fully saturated rings. The summed E-state index contributed by atoms with van der Waals surface area (Å²) in [6.45, 7) is 5.00. The quantitative estimate of drug-likeness (QED) is 0.722. The molecule has 0 aliphatic carbocycles. The van der Waals surface area contributed by atoms with Gasteiger partial charge in [-0.2, -0.15) is 0 Å². The first-order valence-electron chi connectivity index (χ1n) is 11.1. The first-order valence-corrected chi connectivity index (χ1v) is 11.1. The van der Waals surface area contributed by atoms with Gasteiger partial charge in [-0.05, 0) is 60.7 Å². The third-order valence-corrected chi connectivity index (χ3v) is 6.13. The molecule has 164 valence electrons. The third-order valence-electron chi connectivity index (χ3n) is 6.13. The fourth-order valence-electron chi connectivity index (χ4n) is 4.48. The Bertz CT molecular complexity index is 985.